The van der Waals surface area contributed by atoms with Gasteiger partial charge in [0.1, 0.15) is 5.60 Å². The molecule has 1 aliphatic heterocycles. The summed E-state index contributed by atoms with van der Waals surface area (Å²) in [6, 6.07) is 0. The highest BCUT2D eigenvalue weighted by Gasteiger charge is 2.27. The van der Waals surface area contributed by atoms with E-state index in [-0.39, 0.29) is 18.7 Å². The number of rotatable bonds is 2. The summed E-state index contributed by atoms with van der Waals surface area (Å²) in [4.78, 5) is 16.0. The van der Waals surface area contributed by atoms with Gasteiger partial charge >= 0.3 is 6.09 Å². The zero-order chi connectivity index (χ0) is 12.9. The van der Waals surface area contributed by atoms with Crippen LogP contribution in [-0.2, 0) is 9.47 Å². The summed E-state index contributed by atoms with van der Waals surface area (Å²) >= 11 is 0. The van der Waals surface area contributed by atoms with Gasteiger partial charge in [-0.15, -0.1) is 0 Å². The Bertz CT molecular complexity index is 320. The second-order valence-electron chi connectivity index (χ2n) is 4.83. The molecule has 7 nitrogen and oxygen atoms in total. The lowest BCUT2D eigenvalue weighted by atomic mass is 10.2. The van der Waals surface area contributed by atoms with Gasteiger partial charge in [-0.3, -0.25) is 0 Å². The lowest BCUT2D eigenvalue weighted by Crippen LogP contribution is -2.48. The third-order valence-electron chi connectivity index (χ3n) is 2.14. The van der Waals surface area contributed by atoms with E-state index in [1.807, 2.05) is 20.8 Å². The van der Waals surface area contributed by atoms with Crippen molar-refractivity contribution in [2.24, 2.45) is 5.11 Å². The average Bonchev–Trinajstić information content (AvgIpc) is 2.24. The molecule has 1 unspecified atom stereocenters. The van der Waals surface area contributed by atoms with E-state index in [9.17, 15) is 4.79 Å². The van der Waals surface area contributed by atoms with Gasteiger partial charge in [-0.25, -0.2) is 4.79 Å². The number of azide groups is 1. The maximum atomic E-state index is 11.8. The summed E-state index contributed by atoms with van der Waals surface area (Å²) in [7, 11) is 0. The Hall–Kier alpha value is -1.46. The third kappa shape index (κ3) is 4.93. The summed E-state index contributed by atoms with van der Waals surface area (Å²) in [5, 5.41) is 3.44. The molecular weight excluding hydrogens is 224 g/mol. The van der Waals surface area contributed by atoms with Crippen molar-refractivity contribution in [1.82, 2.24) is 4.90 Å². The molecule has 0 aromatic carbocycles. The van der Waals surface area contributed by atoms with Gasteiger partial charge in [0, 0.05) is 11.5 Å². The number of carbonyl (C=O) groups is 1. The quantitative estimate of drug-likeness (QED) is 0.421. The van der Waals surface area contributed by atoms with Crippen molar-refractivity contribution in [3.05, 3.63) is 10.4 Å². The molecule has 7 heteroatoms. The van der Waals surface area contributed by atoms with Gasteiger partial charge in [-0.05, 0) is 26.3 Å². The molecule has 0 radical (unpaired) electrons. The van der Waals surface area contributed by atoms with Gasteiger partial charge in [-0.2, -0.15) is 0 Å². The molecule has 1 heterocycles. The van der Waals surface area contributed by atoms with Crippen LogP contribution in [0, 0.1) is 0 Å². The van der Waals surface area contributed by atoms with Crippen LogP contribution in [0.25, 0.3) is 10.4 Å². The molecule has 0 spiro atoms. The highest BCUT2D eigenvalue weighted by molar-refractivity contribution is 5.68. The topological polar surface area (TPSA) is 87.5 Å². The fraction of sp³-hybridized carbons (Fsp3) is 0.900. The van der Waals surface area contributed by atoms with Crippen LogP contribution in [0.5, 0.6) is 0 Å². The van der Waals surface area contributed by atoms with E-state index in [0.717, 1.165) is 0 Å². The normalized spacial score (nSPS) is 20.6. The maximum absolute atomic E-state index is 11.8. The summed E-state index contributed by atoms with van der Waals surface area (Å²) in [5.74, 6) is 0. The zero-order valence-electron chi connectivity index (χ0n) is 10.4. The van der Waals surface area contributed by atoms with E-state index >= 15 is 0 Å². The maximum Gasteiger partial charge on any atom is 0.410 e. The fourth-order valence-corrected chi connectivity index (χ4v) is 1.45. The first-order valence-corrected chi connectivity index (χ1v) is 5.53. The van der Waals surface area contributed by atoms with Gasteiger partial charge in [0.15, 0.2) is 0 Å². The summed E-state index contributed by atoms with van der Waals surface area (Å²) in [6.07, 6.45) is -0.598. The molecule has 1 atom stereocenters. The van der Waals surface area contributed by atoms with E-state index in [0.29, 0.717) is 19.7 Å². The first-order valence-electron chi connectivity index (χ1n) is 5.53. The first-order chi connectivity index (χ1) is 7.92. The van der Waals surface area contributed by atoms with Crippen molar-refractivity contribution >= 4 is 6.09 Å². The average molecular weight is 242 g/mol. The van der Waals surface area contributed by atoms with E-state index in [1.54, 1.807) is 4.90 Å². The van der Waals surface area contributed by atoms with Crippen molar-refractivity contribution in [2.75, 3.05) is 26.2 Å². The van der Waals surface area contributed by atoms with Crippen LogP contribution in [0.3, 0.4) is 0 Å². The van der Waals surface area contributed by atoms with Crippen LogP contribution in [0.4, 0.5) is 4.79 Å². The molecule has 96 valence electrons. The highest BCUT2D eigenvalue weighted by atomic mass is 16.6. The SMILES string of the molecule is CC(C)(C)OC(=O)N1CCOC(CN=[N+]=[N-])C1. The lowest BCUT2D eigenvalue weighted by molar-refractivity contribution is -0.0384. The molecule has 0 aromatic rings. The van der Waals surface area contributed by atoms with Crippen molar-refractivity contribution in [3.8, 4) is 0 Å². The second-order valence-corrected chi connectivity index (χ2v) is 4.83. The van der Waals surface area contributed by atoms with Crippen molar-refractivity contribution in [1.29, 1.82) is 0 Å². The van der Waals surface area contributed by atoms with Gasteiger partial charge in [0.25, 0.3) is 0 Å². The molecule has 0 saturated carbocycles. The van der Waals surface area contributed by atoms with E-state index in [2.05, 4.69) is 10.0 Å². The number of nitrogens with zero attached hydrogens (tertiary/aromatic N) is 4. The van der Waals surface area contributed by atoms with Gasteiger partial charge in [-0.1, -0.05) is 5.11 Å². The number of hydrogen-bond donors (Lipinski definition) is 0. The predicted octanol–water partition coefficient (Wildman–Crippen LogP) is 1.93. The Morgan fingerprint density at radius 1 is 1.65 bits per heavy atom. The molecule has 0 N–H and O–H groups in total. The van der Waals surface area contributed by atoms with E-state index < -0.39 is 5.60 Å². The minimum Gasteiger partial charge on any atom is -0.444 e. The van der Waals surface area contributed by atoms with Crippen LogP contribution >= 0.6 is 0 Å². The molecule has 1 amide bonds. The van der Waals surface area contributed by atoms with Crippen LogP contribution in [0.15, 0.2) is 5.11 Å². The van der Waals surface area contributed by atoms with Crippen molar-refractivity contribution in [2.45, 2.75) is 32.5 Å². The zero-order valence-corrected chi connectivity index (χ0v) is 10.4. The molecule has 0 aromatic heterocycles. The number of ether oxygens (including phenoxy) is 2. The van der Waals surface area contributed by atoms with Crippen LogP contribution in [0.1, 0.15) is 20.8 Å². The minimum atomic E-state index is -0.504. The van der Waals surface area contributed by atoms with Crippen LogP contribution < -0.4 is 0 Å². The molecule has 17 heavy (non-hydrogen) atoms. The first kappa shape index (κ1) is 13.6. The van der Waals surface area contributed by atoms with Crippen molar-refractivity contribution in [3.63, 3.8) is 0 Å². The molecule has 0 aliphatic carbocycles. The third-order valence-corrected chi connectivity index (χ3v) is 2.14. The highest BCUT2D eigenvalue weighted by Crippen LogP contribution is 2.13. The second kappa shape index (κ2) is 5.75. The Labute approximate surface area is 100 Å². The number of hydrogen-bond acceptors (Lipinski definition) is 4. The Balaban J connectivity index is 2.48. The molecule has 1 rings (SSSR count). The van der Waals surface area contributed by atoms with Crippen LogP contribution in [-0.4, -0.2) is 48.9 Å². The molecule has 1 fully saturated rings. The van der Waals surface area contributed by atoms with Crippen molar-refractivity contribution < 1.29 is 14.3 Å². The Morgan fingerprint density at radius 3 is 2.94 bits per heavy atom. The largest absolute Gasteiger partial charge is 0.444 e. The standard InChI is InChI=1S/C10H18N4O3/c1-10(2,3)17-9(15)14-4-5-16-8(7-14)6-12-13-11/h8H,4-7H2,1-3H3. The summed E-state index contributed by atoms with van der Waals surface area (Å²) in [5.41, 5.74) is 7.72. The van der Waals surface area contributed by atoms with Gasteiger partial charge in [0.2, 0.25) is 0 Å². The Kier molecular flexibility index (Phi) is 4.60. The fourth-order valence-electron chi connectivity index (χ4n) is 1.45. The molecular formula is C10H18N4O3. The van der Waals surface area contributed by atoms with Gasteiger partial charge in [0.05, 0.1) is 25.8 Å². The molecule has 0 bridgehead atoms. The number of morpholine rings is 1. The molecule has 1 saturated heterocycles. The predicted molar refractivity (Wildman–Crippen MR) is 61.6 cm³/mol. The van der Waals surface area contributed by atoms with Gasteiger partial charge < -0.3 is 14.4 Å². The van der Waals surface area contributed by atoms with Crippen LogP contribution in [0.2, 0.25) is 0 Å². The molecule has 1 aliphatic rings. The summed E-state index contributed by atoms with van der Waals surface area (Å²) < 4.78 is 10.6. The number of carbonyl (C=O) groups excluding carboxylic acids is 1. The van der Waals surface area contributed by atoms with E-state index in [4.69, 9.17) is 15.0 Å². The minimum absolute atomic E-state index is 0.232. The monoisotopic (exact) mass is 242 g/mol. The summed E-state index contributed by atoms with van der Waals surface area (Å²) in [6.45, 7) is 7.03. The smallest absolute Gasteiger partial charge is 0.410 e. The Morgan fingerprint density at radius 2 is 2.35 bits per heavy atom. The van der Waals surface area contributed by atoms with E-state index in [1.165, 1.54) is 0 Å². The number of amides is 1. The lowest BCUT2D eigenvalue weighted by Gasteiger charge is -2.33.